The Kier molecular flexibility index (Phi) is 5.27. The van der Waals surface area contributed by atoms with Crippen LogP contribution in [0.5, 0.6) is 0 Å². The Labute approximate surface area is 149 Å². The minimum Gasteiger partial charge on any atom is -0.339 e. The van der Waals surface area contributed by atoms with Crippen LogP contribution in [0.25, 0.3) is 0 Å². The fourth-order valence-electron chi connectivity index (χ4n) is 3.82. The first-order valence-electron chi connectivity index (χ1n) is 9.00. The highest BCUT2D eigenvalue weighted by molar-refractivity contribution is 7.91. The number of likely N-dealkylation sites (tertiary alicyclic amines) is 1. The van der Waals surface area contributed by atoms with E-state index in [0.717, 1.165) is 30.4 Å². The van der Waals surface area contributed by atoms with Gasteiger partial charge in [0.1, 0.15) is 9.84 Å². The second-order valence-corrected chi connectivity index (χ2v) is 9.50. The highest BCUT2D eigenvalue weighted by Crippen LogP contribution is 2.24. The summed E-state index contributed by atoms with van der Waals surface area (Å²) in [6, 6.07) is 5.39. The molecule has 0 spiro atoms. The highest BCUT2D eigenvalue weighted by Gasteiger charge is 2.27. The topological polar surface area (TPSA) is 71.5 Å². The molecule has 2 aliphatic rings. The van der Waals surface area contributed by atoms with Gasteiger partial charge in [-0.1, -0.05) is 6.07 Å². The van der Waals surface area contributed by atoms with Gasteiger partial charge in [-0.05, 0) is 56.2 Å². The second-order valence-electron chi connectivity index (χ2n) is 7.18. The number of nitrogens with zero attached hydrogens (tertiary/aromatic N) is 1. The number of fused-ring (bicyclic) bond motifs is 1. The molecule has 0 N–H and O–H groups in total. The summed E-state index contributed by atoms with van der Waals surface area (Å²) >= 11 is 0. The van der Waals surface area contributed by atoms with Gasteiger partial charge in [0.25, 0.3) is 5.91 Å². The number of Topliss-reactive ketones (excluding diaryl/α,β-unsaturated/α-hetero) is 1. The van der Waals surface area contributed by atoms with E-state index in [0.29, 0.717) is 44.3 Å². The maximum absolute atomic E-state index is 12.9. The second kappa shape index (κ2) is 7.28. The monoisotopic (exact) mass is 363 g/mol. The number of carbonyl (C=O) groups is 2. The molecule has 1 fully saturated rings. The number of rotatable bonds is 2. The maximum Gasteiger partial charge on any atom is 0.253 e. The summed E-state index contributed by atoms with van der Waals surface area (Å²) in [5.74, 6) is 0.103. The van der Waals surface area contributed by atoms with Crippen LogP contribution in [0.1, 0.15) is 64.8 Å². The van der Waals surface area contributed by atoms with Gasteiger partial charge in [-0.3, -0.25) is 9.59 Å². The fraction of sp³-hybridized carbons (Fsp3) is 0.579. The van der Waals surface area contributed by atoms with E-state index in [1.54, 1.807) is 17.0 Å². The molecule has 5 nitrogen and oxygen atoms in total. The average molecular weight is 363 g/mol. The lowest BCUT2D eigenvalue weighted by atomic mass is 9.99. The standard InChI is InChI=1S/C19H25NO4S/c1-25(23,24)16-6-4-11-20(12-10-16)19(22)15-8-9-17-14(13-15)5-2-3-7-18(17)21/h8-9,13,16H,2-7,10-12H2,1H3. The number of ketones is 1. The molecular weight excluding hydrogens is 338 g/mol. The summed E-state index contributed by atoms with van der Waals surface area (Å²) < 4.78 is 23.5. The molecule has 25 heavy (non-hydrogen) atoms. The third-order valence-corrected chi connectivity index (χ3v) is 7.00. The minimum atomic E-state index is -3.06. The van der Waals surface area contributed by atoms with Crippen LogP contribution in [-0.2, 0) is 16.3 Å². The van der Waals surface area contributed by atoms with E-state index in [1.165, 1.54) is 6.26 Å². The number of carbonyl (C=O) groups excluding carboxylic acids is 2. The molecule has 1 amide bonds. The van der Waals surface area contributed by atoms with Gasteiger partial charge in [0.15, 0.2) is 5.78 Å². The van der Waals surface area contributed by atoms with Gasteiger partial charge >= 0.3 is 0 Å². The minimum absolute atomic E-state index is 0.0614. The molecular formula is C19H25NO4S. The Balaban J connectivity index is 1.77. The van der Waals surface area contributed by atoms with Gasteiger partial charge in [0.05, 0.1) is 5.25 Å². The van der Waals surface area contributed by atoms with Crippen LogP contribution in [0.2, 0.25) is 0 Å². The molecule has 6 heteroatoms. The summed E-state index contributed by atoms with van der Waals surface area (Å²) in [6.45, 7) is 1.05. The Morgan fingerprint density at radius 3 is 2.60 bits per heavy atom. The Bertz CT molecular complexity index is 785. The van der Waals surface area contributed by atoms with Crippen LogP contribution in [0.3, 0.4) is 0 Å². The van der Waals surface area contributed by atoms with Crippen molar-refractivity contribution >= 4 is 21.5 Å². The molecule has 3 rings (SSSR count). The molecule has 1 aliphatic carbocycles. The van der Waals surface area contributed by atoms with E-state index < -0.39 is 9.84 Å². The van der Waals surface area contributed by atoms with E-state index in [9.17, 15) is 18.0 Å². The van der Waals surface area contributed by atoms with Gasteiger partial charge in [-0.25, -0.2) is 8.42 Å². The molecule has 0 aromatic heterocycles. The number of hydrogen-bond acceptors (Lipinski definition) is 4. The lowest BCUT2D eigenvalue weighted by Gasteiger charge is -2.21. The maximum atomic E-state index is 12.9. The van der Waals surface area contributed by atoms with Gasteiger partial charge in [-0.2, -0.15) is 0 Å². The van der Waals surface area contributed by atoms with E-state index in [4.69, 9.17) is 0 Å². The first-order valence-corrected chi connectivity index (χ1v) is 11.0. The largest absolute Gasteiger partial charge is 0.339 e. The number of benzene rings is 1. The van der Waals surface area contributed by atoms with Crippen molar-refractivity contribution in [2.45, 2.75) is 50.2 Å². The number of hydrogen-bond donors (Lipinski definition) is 0. The van der Waals surface area contributed by atoms with Crippen molar-refractivity contribution in [3.63, 3.8) is 0 Å². The van der Waals surface area contributed by atoms with Crippen molar-refractivity contribution in [2.24, 2.45) is 0 Å². The van der Waals surface area contributed by atoms with Crippen molar-refractivity contribution in [1.82, 2.24) is 4.90 Å². The van der Waals surface area contributed by atoms with E-state index in [1.807, 2.05) is 6.07 Å². The molecule has 0 bridgehead atoms. The lowest BCUT2D eigenvalue weighted by Crippen LogP contribution is -2.32. The molecule has 0 saturated carbocycles. The highest BCUT2D eigenvalue weighted by atomic mass is 32.2. The lowest BCUT2D eigenvalue weighted by molar-refractivity contribution is 0.0761. The van der Waals surface area contributed by atoms with Crippen LogP contribution < -0.4 is 0 Å². The summed E-state index contributed by atoms with van der Waals surface area (Å²) in [5, 5.41) is -0.352. The van der Waals surface area contributed by atoms with Crippen molar-refractivity contribution in [3.8, 4) is 0 Å². The molecule has 1 unspecified atom stereocenters. The summed E-state index contributed by atoms with van der Waals surface area (Å²) in [5.41, 5.74) is 2.32. The molecule has 136 valence electrons. The van der Waals surface area contributed by atoms with Crippen molar-refractivity contribution in [1.29, 1.82) is 0 Å². The quantitative estimate of drug-likeness (QED) is 0.757. The fourth-order valence-corrected chi connectivity index (χ4v) is 4.95. The van der Waals surface area contributed by atoms with Crippen LogP contribution in [0.4, 0.5) is 0 Å². The van der Waals surface area contributed by atoms with E-state index in [2.05, 4.69) is 0 Å². The first kappa shape index (κ1) is 18.1. The van der Waals surface area contributed by atoms with Crippen LogP contribution in [0, 0.1) is 0 Å². The summed E-state index contributed by atoms with van der Waals surface area (Å²) in [7, 11) is -3.06. The molecule has 1 aliphatic heterocycles. The zero-order valence-corrected chi connectivity index (χ0v) is 15.5. The Hall–Kier alpha value is -1.69. The van der Waals surface area contributed by atoms with Gasteiger partial charge in [0, 0.05) is 36.9 Å². The Morgan fingerprint density at radius 1 is 1.08 bits per heavy atom. The van der Waals surface area contributed by atoms with E-state index in [-0.39, 0.29) is 16.9 Å². The van der Waals surface area contributed by atoms with Gasteiger partial charge < -0.3 is 4.90 Å². The molecule has 1 atom stereocenters. The van der Waals surface area contributed by atoms with Crippen LogP contribution >= 0.6 is 0 Å². The smallest absolute Gasteiger partial charge is 0.253 e. The molecule has 1 saturated heterocycles. The van der Waals surface area contributed by atoms with Crippen LogP contribution in [-0.4, -0.2) is 49.6 Å². The molecule has 1 aromatic carbocycles. The number of aryl methyl sites for hydroxylation is 1. The number of sulfone groups is 1. The normalized spacial score (nSPS) is 22.0. The average Bonchev–Trinajstić information content (AvgIpc) is 2.92. The first-order chi connectivity index (χ1) is 11.9. The summed E-state index contributed by atoms with van der Waals surface area (Å²) in [6.07, 6.45) is 6.37. The van der Waals surface area contributed by atoms with Crippen LogP contribution in [0.15, 0.2) is 18.2 Å². The third kappa shape index (κ3) is 4.11. The predicted molar refractivity (Wildman–Crippen MR) is 96.7 cm³/mol. The molecule has 1 aromatic rings. The van der Waals surface area contributed by atoms with Gasteiger partial charge in [-0.15, -0.1) is 0 Å². The van der Waals surface area contributed by atoms with E-state index >= 15 is 0 Å². The number of amides is 1. The van der Waals surface area contributed by atoms with Crippen molar-refractivity contribution < 1.29 is 18.0 Å². The van der Waals surface area contributed by atoms with Crippen molar-refractivity contribution in [3.05, 3.63) is 34.9 Å². The Morgan fingerprint density at radius 2 is 1.84 bits per heavy atom. The third-order valence-electron chi connectivity index (χ3n) is 5.32. The SMILES string of the molecule is CS(=O)(=O)C1CCCN(C(=O)c2ccc3c(c2)CCCCC3=O)CC1. The zero-order chi connectivity index (χ0) is 18.0. The van der Waals surface area contributed by atoms with Gasteiger partial charge in [0.2, 0.25) is 0 Å². The predicted octanol–water partition coefficient (Wildman–Crippen LogP) is 2.64. The summed E-state index contributed by atoms with van der Waals surface area (Å²) in [4.78, 5) is 26.7. The van der Waals surface area contributed by atoms with Crippen molar-refractivity contribution in [2.75, 3.05) is 19.3 Å². The molecule has 1 heterocycles. The molecule has 0 radical (unpaired) electrons. The zero-order valence-electron chi connectivity index (χ0n) is 14.7.